The van der Waals surface area contributed by atoms with E-state index in [9.17, 15) is 22.4 Å². The monoisotopic (exact) mass is 318 g/mol. The van der Waals surface area contributed by atoms with Crippen LogP contribution < -0.4 is 10.5 Å². The topological polar surface area (TPSA) is 127 Å². The average Bonchev–Trinajstić information content (AvgIpc) is 2.24. The molecule has 0 atom stereocenters. The number of benzene rings is 1. The molecule has 0 aliphatic heterocycles. The van der Waals surface area contributed by atoms with E-state index >= 15 is 0 Å². The van der Waals surface area contributed by atoms with Crippen LogP contribution in [0.2, 0.25) is 0 Å². The number of sulfonamides is 1. The Morgan fingerprint density at radius 1 is 1.38 bits per heavy atom. The second-order valence-electron chi connectivity index (χ2n) is 5.08. The summed E-state index contributed by atoms with van der Waals surface area (Å²) in [4.78, 5) is 21.3. The van der Waals surface area contributed by atoms with Crippen molar-refractivity contribution in [3.8, 4) is 0 Å². The highest BCUT2D eigenvalue weighted by Crippen LogP contribution is 2.18. The van der Waals surface area contributed by atoms with E-state index in [1.54, 1.807) is 0 Å². The summed E-state index contributed by atoms with van der Waals surface area (Å²) in [7, 11) is -4.12. The number of halogens is 1. The van der Waals surface area contributed by atoms with Crippen LogP contribution in [0.5, 0.6) is 0 Å². The molecule has 1 rings (SSSR count). The molecule has 0 spiro atoms. The quantitative estimate of drug-likeness (QED) is 0.702. The van der Waals surface area contributed by atoms with Crippen LogP contribution in [0.25, 0.3) is 0 Å². The van der Waals surface area contributed by atoms with Gasteiger partial charge < -0.3 is 10.8 Å². The number of carbonyl (C=O) groups is 2. The lowest BCUT2D eigenvalue weighted by Crippen LogP contribution is -2.45. The molecular weight excluding hydrogens is 303 g/mol. The normalized spacial score (nSPS) is 12.1. The highest BCUT2D eigenvalue weighted by molar-refractivity contribution is 7.89. The smallest absolute Gasteiger partial charge is 0.338 e. The van der Waals surface area contributed by atoms with E-state index in [1.807, 2.05) is 0 Å². The number of aromatic carboxylic acids is 1. The minimum atomic E-state index is -4.12. The number of rotatable bonds is 6. The molecular formula is C12H15FN2O5S. The highest BCUT2D eigenvalue weighted by atomic mass is 32.2. The van der Waals surface area contributed by atoms with E-state index in [-0.39, 0.29) is 6.42 Å². The summed E-state index contributed by atoms with van der Waals surface area (Å²) in [6.45, 7) is 2.88. The summed E-state index contributed by atoms with van der Waals surface area (Å²) in [5, 5.41) is 8.79. The Labute approximate surface area is 121 Å². The first-order valence-electron chi connectivity index (χ1n) is 5.80. The first kappa shape index (κ1) is 17.1. The molecule has 1 aromatic rings. The third kappa shape index (κ3) is 4.50. The van der Waals surface area contributed by atoms with E-state index in [0.29, 0.717) is 6.07 Å². The number of carbonyl (C=O) groups excluding carboxylic acids is 1. The highest BCUT2D eigenvalue weighted by Gasteiger charge is 2.28. The van der Waals surface area contributed by atoms with Gasteiger partial charge in [-0.25, -0.2) is 22.3 Å². The Balaban J connectivity index is 3.17. The molecule has 0 fully saturated rings. The van der Waals surface area contributed by atoms with E-state index in [2.05, 4.69) is 4.72 Å². The van der Waals surface area contributed by atoms with Gasteiger partial charge in [0.05, 0.1) is 10.5 Å². The fourth-order valence-corrected chi connectivity index (χ4v) is 3.17. The summed E-state index contributed by atoms with van der Waals surface area (Å²) < 4.78 is 39.8. The van der Waals surface area contributed by atoms with Crippen LogP contribution in [0.15, 0.2) is 23.1 Å². The van der Waals surface area contributed by atoms with Crippen molar-refractivity contribution >= 4 is 21.9 Å². The summed E-state index contributed by atoms with van der Waals surface area (Å²) in [6, 6.07) is 2.39. The molecule has 7 nitrogen and oxygen atoms in total. The number of carboxylic acids is 1. The first-order valence-corrected chi connectivity index (χ1v) is 7.28. The largest absolute Gasteiger partial charge is 0.478 e. The van der Waals surface area contributed by atoms with Crippen molar-refractivity contribution in [1.29, 1.82) is 0 Å². The van der Waals surface area contributed by atoms with Crippen molar-refractivity contribution in [3.05, 3.63) is 29.6 Å². The van der Waals surface area contributed by atoms with Crippen LogP contribution >= 0.6 is 0 Å². The number of primary amides is 1. The Morgan fingerprint density at radius 3 is 2.43 bits per heavy atom. The van der Waals surface area contributed by atoms with Gasteiger partial charge in [0.2, 0.25) is 15.9 Å². The van der Waals surface area contributed by atoms with Gasteiger partial charge in [-0.15, -0.1) is 0 Å². The van der Waals surface area contributed by atoms with Crippen LogP contribution in [-0.2, 0) is 14.8 Å². The van der Waals surface area contributed by atoms with Crippen LogP contribution in [0.1, 0.15) is 30.6 Å². The number of hydrogen-bond acceptors (Lipinski definition) is 4. The van der Waals surface area contributed by atoms with Gasteiger partial charge in [0, 0.05) is 12.0 Å². The third-order valence-corrected chi connectivity index (χ3v) is 4.20. The van der Waals surface area contributed by atoms with Gasteiger partial charge in [-0.2, -0.15) is 0 Å². The predicted molar refractivity (Wildman–Crippen MR) is 71.6 cm³/mol. The molecule has 0 heterocycles. The zero-order chi connectivity index (χ0) is 16.4. The second-order valence-corrected chi connectivity index (χ2v) is 6.76. The number of hydrogen-bond donors (Lipinski definition) is 3. The van der Waals surface area contributed by atoms with Crippen molar-refractivity contribution in [3.63, 3.8) is 0 Å². The lowest BCUT2D eigenvalue weighted by atomic mass is 10.0. The lowest BCUT2D eigenvalue weighted by molar-refractivity contribution is -0.119. The predicted octanol–water partition coefficient (Wildman–Crippen LogP) is 0.456. The van der Waals surface area contributed by atoms with E-state index in [0.717, 1.165) is 12.1 Å². The summed E-state index contributed by atoms with van der Waals surface area (Å²) >= 11 is 0. The minimum Gasteiger partial charge on any atom is -0.478 e. The van der Waals surface area contributed by atoms with Crippen LogP contribution in [0, 0.1) is 5.82 Å². The molecule has 0 saturated carbocycles. The summed E-state index contributed by atoms with van der Waals surface area (Å²) in [5.41, 5.74) is 3.10. The molecule has 0 unspecified atom stereocenters. The van der Waals surface area contributed by atoms with E-state index < -0.39 is 43.7 Å². The van der Waals surface area contributed by atoms with Crippen molar-refractivity contribution < 1.29 is 27.5 Å². The fraction of sp³-hybridized carbons (Fsp3) is 0.333. The van der Waals surface area contributed by atoms with Crippen LogP contribution in [0.4, 0.5) is 4.39 Å². The zero-order valence-electron chi connectivity index (χ0n) is 11.4. The molecule has 1 aromatic carbocycles. The maximum absolute atomic E-state index is 13.3. The molecule has 21 heavy (non-hydrogen) atoms. The maximum atomic E-state index is 13.3. The minimum absolute atomic E-state index is 0.251. The van der Waals surface area contributed by atoms with Gasteiger partial charge in [0.15, 0.2) is 0 Å². The third-order valence-electron chi connectivity index (χ3n) is 2.51. The Kier molecular flexibility index (Phi) is 4.69. The Hall–Kier alpha value is -2.00. The van der Waals surface area contributed by atoms with Crippen LogP contribution in [0.3, 0.4) is 0 Å². The van der Waals surface area contributed by atoms with Gasteiger partial charge in [-0.3, -0.25) is 4.79 Å². The van der Waals surface area contributed by atoms with Gasteiger partial charge in [0.1, 0.15) is 5.82 Å². The first-order chi connectivity index (χ1) is 9.44. The van der Waals surface area contributed by atoms with Crippen molar-refractivity contribution in [2.75, 3.05) is 0 Å². The molecule has 0 aliphatic carbocycles. The van der Waals surface area contributed by atoms with E-state index in [4.69, 9.17) is 10.8 Å². The number of nitrogens with one attached hydrogen (secondary N) is 1. The fourth-order valence-electron chi connectivity index (χ4n) is 1.73. The van der Waals surface area contributed by atoms with Gasteiger partial charge in [-0.05, 0) is 32.0 Å². The Morgan fingerprint density at radius 2 is 1.95 bits per heavy atom. The van der Waals surface area contributed by atoms with Gasteiger partial charge in [0.25, 0.3) is 0 Å². The number of nitrogens with two attached hydrogens (primary N) is 1. The standard InChI is InChI=1S/C12H15FN2O5S/c1-12(2,6-10(14)16)15-21(19,20)7-3-4-9(13)8(5-7)11(17)18/h3-5,15H,6H2,1-2H3,(H2,14,16)(H,17,18). The molecule has 0 aliphatic rings. The molecule has 0 aromatic heterocycles. The maximum Gasteiger partial charge on any atom is 0.338 e. The summed E-state index contributed by atoms with van der Waals surface area (Å²) in [6.07, 6.45) is -0.251. The number of carboxylic acid groups (broad SMARTS) is 1. The SMILES string of the molecule is CC(C)(CC(N)=O)NS(=O)(=O)c1ccc(F)c(C(=O)O)c1. The van der Waals surface area contributed by atoms with Crippen molar-refractivity contribution in [2.45, 2.75) is 30.7 Å². The van der Waals surface area contributed by atoms with Crippen LogP contribution in [-0.4, -0.2) is 30.9 Å². The van der Waals surface area contributed by atoms with Gasteiger partial charge in [-0.1, -0.05) is 0 Å². The average molecular weight is 318 g/mol. The van der Waals surface area contributed by atoms with Crippen molar-refractivity contribution in [1.82, 2.24) is 4.72 Å². The summed E-state index contributed by atoms with van der Waals surface area (Å²) in [5.74, 6) is -3.33. The Bertz CT molecular complexity index is 685. The molecule has 1 amide bonds. The molecule has 0 bridgehead atoms. The molecule has 0 radical (unpaired) electrons. The lowest BCUT2D eigenvalue weighted by Gasteiger charge is -2.24. The van der Waals surface area contributed by atoms with Gasteiger partial charge >= 0.3 is 5.97 Å². The van der Waals surface area contributed by atoms with E-state index in [1.165, 1.54) is 13.8 Å². The molecule has 116 valence electrons. The molecule has 0 saturated heterocycles. The molecule has 9 heteroatoms. The number of amides is 1. The zero-order valence-corrected chi connectivity index (χ0v) is 12.2. The van der Waals surface area contributed by atoms with Crippen molar-refractivity contribution in [2.24, 2.45) is 5.73 Å². The molecule has 4 N–H and O–H groups in total. The second kappa shape index (κ2) is 5.78.